The van der Waals surface area contributed by atoms with Gasteiger partial charge in [-0.05, 0) is 55.3 Å². The molecule has 30 heavy (non-hydrogen) atoms. The van der Waals surface area contributed by atoms with Crippen LogP contribution in [0.5, 0.6) is 0 Å². The summed E-state index contributed by atoms with van der Waals surface area (Å²) in [6.07, 6.45) is -3.49. The predicted octanol–water partition coefficient (Wildman–Crippen LogP) is 4.09. The minimum Gasteiger partial charge on any atom is -0.387 e. The lowest BCUT2D eigenvalue weighted by Crippen LogP contribution is -2.38. The van der Waals surface area contributed by atoms with E-state index in [4.69, 9.17) is 0 Å². The molecule has 0 aromatic heterocycles. The number of nitrogens with one attached hydrogen (secondary N) is 2. The Morgan fingerprint density at radius 1 is 1.10 bits per heavy atom. The van der Waals surface area contributed by atoms with E-state index < -0.39 is 32.9 Å². The molecular weight excluding hydrogens is 417 g/mol. The number of hydrogen-bond donors (Lipinski definition) is 2. The van der Waals surface area contributed by atoms with Gasteiger partial charge in [0, 0.05) is 24.2 Å². The van der Waals surface area contributed by atoms with E-state index in [9.17, 15) is 26.4 Å². The molecule has 1 unspecified atom stereocenters. The fourth-order valence-corrected chi connectivity index (χ4v) is 4.23. The molecule has 5 nitrogen and oxygen atoms in total. The highest BCUT2D eigenvalue weighted by molar-refractivity contribution is 7.90. The number of benzene rings is 2. The molecule has 0 bridgehead atoms. The highest BCUT2D eigenvalue weighted by Crippen LogP contribution is 2.45. The fraction of sp³-hybridized carbons (Fsp3) is 0.286. The molecule has 1 atom stereocenters. The lowest BCUT2D eigenvalue weighted by Gasteiger charge is -2.28. The van der Waals surface area contributed by atoms with Crippen LogP contribution in [0.1, 0.15) is 25.0 Å². The third kappa shape index (κ3) is 4.07. The molecule has 0 radical (unpaired) electrons. The molecule has 1 amide bonds. The van der Waals surface area contributed by atoms with E-state index in [0.717, 1.165) is 12.3 Å². The quantitative estimate of drug-likeness (QED) is 0.754. The van der Waals surface area contributed by atoms with Gasteiger partial charge >= 0.3 is 6.18 Å². The monoisotopic (exact) mass is 438 g/mol. The van der Waals surface area contributed by atoms with E-state index in [2.05, 4.69) is 10.6 Å². The summed E-state index contributed by atoms with van der Waals surface area (Å²) in [5, 5.41) is 5.70. The first-order valence-electron chi connectivity index (χ1n) is 9.07. The number of allylic oxidation sites excluding steroid dienone is 1. The lowest BCUT2D eigenvalue weighted by molar-refractivity contribution is -0.138. The van der Waals surface area contributed by atoms with Gasteiger partial charge in [0.25, 0.3) is 0 Å². The van der Waals surface area contributed by atoms with Gasteiger partial charge in [-0.2, -0.15) is 13.2 Å². The van der Waals surface area contributed by atoms with Crippen molar-refractivity contribution in [3.63, 3.8) is 0 Å². The van der Waals surface area contributed by atoms with Crippen molar-refractivity contribution in [3.8, 4) is 0 Å². The molecule has 0 aliphatic carbocycles. The number of halogens is 3. The van der Waals surface area contributed by atoms with Crippen LogP contribution in [0.25, 0.3) is 5.57 Å². The number of carbonyl (C=O) groups excluding carboxylic acids is 1. The van der Waals surface area contributed by atoms with Crippen molar-refractivity contribution in [2.24, 2.45) is 5.41 Å². The summed E-state index contributed by atoms with van der Waals surface area (Å²) in [5.74, 6) is -0.495. The number of carbonyl (C=O) groups is 1. The van der Waals surface area contributed by atoms with Crippen molar-refractivity contribution in [3.05, 3.63) is 65.4 Å². The van der Waals surface area contributed by atoms with E-state index in [1.54, 1.807) is 13.8 Å². The normalized spacial score (nSPS) is 19.5. The van der Waals surface area contributed by atoms with Crippen molar-refractivity contribution in [1.29, 1.82) is 0 Å². The lowest BCUT2D eigenvalue weighted by atomic mass is 9.77. The number of alkyl halides is 3. The van der Waals surface area contributed by atoms with Gasteiger partial charge < -0.3 is 10.6 Å². The molecule has 0 fully saturated rings. The van der Waals surface area contributed by atoms with Crippen LogP contribution in [0.3, 0.4) is 0 Å². The van der Waals surface area contributed by atoms with Gasteiger partial charge in [-0.1, -0.05) is 18.2 Å². The molecule has 3 rings (SSSR count). The first kappa shape index (κ1) is 21.9. The average molecular weight is 438 g/mol. The Labute approximate surface area is 172 Å². The number of amides is 1. The molecular formula is C21H21F3N2O3S. The number of rotatable bonds is 4. The van der Waals surface area contributed by atoms with Gasteiger partial charge in [-0.3, -0.25) is 4.79 Å². The van der Waals surface area contributed by atoms with Gasteiger partial charge in [0.05, 0.1) is 15.9 Å². The van der Waals surface area contributed by atoms with Crippen LogP contribution in [0.2, 0.25) is 0 Å². The zero-order valence-corrected chi connectivity index (χ0v) is 17.4. The molecule has 2 N–H and O–H groups in total. The zero-order chi connectivity index (χ0) is 22.3. The Kier molecular flexibility index (Phi) is 5.44. The minimum absolute atomic E-state index is 0.0439. The molecule has 0 spiro atoms. The molecule has 0 saturated heterocycles. The summed E-state index contributed by atoms with van der Waals surface area (Å²) in [5.41, 5.74) is -0.989. The maximum absolute atomic E-state index is 13.6. The molecule has 1 aliphatic heterocycles. The summed E-state index contributed by atoms with van der Waals surface area (Å²) >= 11 is 0. The molecule has 0 saturated carbocycles. The third-order valence-corrected chi connectivity index (χ3v) is 6.31. The maximum Gasteiger partial charge on any atom is 0.416 e. The number of hydrogen-bond acceptors (Lipinski definition) is 4. The zero-order valence-electron chi connectivity index (χ0n) is 16.6. The van der Waals surface area contributed by atoms with Crippen LogP contribution in [-0.4, -0.2) is 27.1 Å². The van der Waals surface area contributed by atoms with Gasteiger partial charge in [0.15, 0.2) is 9.84 Å². The molecule has 2 aromatic rings. The highest BCUT2D eigenvalue weighted by atomic mass is 32.2. The molecule has 9 heteroatoms. The summed E-state index contributed by atoms with van der Waals surface area (Å²) in [6.45, 7) is 3.36. The second-order valence-electron chi connectivity index (χ2n) is 7.48. The first-order valence-corrected chi connectivity index (χ1v) is 11.0. The number of anilines is 1. The Balaban J connectivity index is 1.97. The van der Waals surface area contributed by atoms with Crippen molar-refractivity contribution in [1.82, 2.24) is 5.32 Å². The summed E-state index contributed by atoms with van der Waals surface area (Å²) in [7, 11) is -3.38. The van der Waals surface area contributed by atoms with E-state index in [-0.39, 0.29) is 22.6 Å². The SMILES string of the molecule is CC1=C(c2ccccc2C(F)(F)F)C(C)(C(=O)Nc2ccc(S(C)(=O)=O)cc2)CN1. The Morgan fingerprint density at radius 2 is 1.70 bits per heavy atom. The van der Waals surface area contributed by atoms with Crippen molar-refractivity contribution in [2.75, 3.05) is 18.1 Å². The standard InChI is InChI=1S/C21H21F3N2O3S/c1-13-18(16-6-4-5-7-17(16)21(22,23)24)20(2,12-25-13)19(27)26-14-8-10-15(11-9-14)30(3,28)29/h4-11,25H,12H2,1-3H3,(H,26,27). The third-order valence-electron chi connectivity index (χ3n) is 5.18. The second kappa shape index (κ2) is 7.46. The van der Waals surface area contributed by atoms with E-state index >= 15 is 0 Å². The van der Waals surface area contributed by atoms with E-state index in [1.807, 2.05) is 0 Å². The molecule has 2 aromatic carbocycles. The van der Waals surface area contributed by atoms with Crippen LogP contribution in [-0.2, 0) is 20.8 Å². The van der Waals surface area contributed by atoms with Crippen LogP contribution in [0.4, 0.5) is 18.9 Å². The van der Waals surface area contributed by atoms with Crippen molar-refractivity contribution in [2.45, 2.75) is 24.9 Å². The highest BCUT2D eigenvalue weighted by Gasteiger charge is 2.46. The summed E-state index contributed by atoms with van der Waals surface area (Å²) in [6, 6.07) is 10.8. The topological polar surface area (TPSA) is 75.3 Å². The van der Waals surface area contributed by atoms with Crippen molar-refractivity contribution < 1.29 is 26.4 Å². The van der Waals surface area contributed by atoms with E-state index in [0.29, 0.717) is 11.4 Å². The largest absolute Gasteiger partial charge is 0.416 e. The minimum atomic E-state index is -4.56. The fourth-order valence-electron chi connectivity index (χ4n) is 3.60. The van der Waals surface area contributed by atoms with Crippen LogP contribution >= 0.6 is 0 Å². The van der Waals surface area contributed by atoms with Gasteiger partial charge in [0.1, 0.15) is 0 Å². The van der Waals surface area contributed by atoms with Crippen LogP contribution in [0, 0.1) is 5.41 Å². The van der Waals surface area contributed by atoms with Crippen LogP contribution in [0.15, 0.2) is 59.1 Å². The van der Waals surface area contributed by atoms with Crippen molar-refractivity contribution >= 4 is 27.0 Å². The number of sulfone groups is 1. The first-order chi connectivity index (χ1) is 13.8. The molecule has 160 valence electrons. The van der Waals surface area contributed by atoms with Gasteiger partial charge in [-0.25, -0.2) is 8.42 Å². The predicted molar refractivity (Wildman–Crippen MR) is 108 cm³/mol. The van der Waals surface area contributed by atoms with E-state index in [1.165, 1.54) is 42.5 Å². The van der Waals surface area contributed by atoms with Crippen LogP contribution < -0.4 is 10.6 Å². The average Bonchev–Trinajstić information content (AvgIpc) is 2.96. The van der Waals surface area contributed by atoms with Gasteiger partial charge in [-0.15, -0.1) is 0 Å². The Hall–Kier alpha value is -2.81. The molecule has 1 aliphatic rings. The molecule has 1 heterocycles. The summed E-state index contributed by atoms with van der Waals surface area (Å²) in [4.78, 5) is 13.2. The maximum atomic E-state index is 13.6. The van der Waals surface area contributed by atoms with Gasteiger partial charge in [0.2, 0.25) is 5.91 Å². The smallest absolute Gasteiger partial charge is 0.387 e. The Morgan fingerprint density at radius 3 is 2.27 bits per heavy atom. The second-order valence-corrected chi connectivity index (χ2v) is 9.50. The Bertz CT molecular complexity index is 1120. The summed E-state index contributed by atoms with van der Waals surface area (Å²) < 4.78 is 63.9.